The SMILES string of the molecule is COc1ccc(S(=O)(=O)NC(C)c2cccc(C(F)(F)F)c2)cc1. The molecule has 130 valence electrons. The summed E-state index contributed by atoms with van der Waals surface area (Å²) in [6, 6.07) is 9.44. The van der Waals surface area contributed by atoms with E-state index in [2.05, 4.69) is 4.72 Å². The molecule has 0 saturated carbocycles. The molecule has 0 amide bonds. The van der Waals surface area contributed by atoms with Crippen LogP contribution in [-0.2, 0) is 16.2 Å². The van der Waals surface area contributed by atoms with Crippen molar-refractivity contribution in [2.45, 2.75) is 24.0 Å². The predicted octanol–water partition coefficient (Wildman–Crippen LogP) is 3.75. The molecule has 2 aromatic carbocycles. The molecule has 2 aromatic rings. The predicted molar refractivity (Wildman–Crippen MR) is 83.2 cm³/mol. The second-order valence-electron chi connectivity index (χ2n) is 5.14. The maximum Gasteiger partial charge on any atom is 0.416 e. The third kappa shape index (κ3) is 4.27. The zero-order chi connectivity index (χ0) is 18.0. The largest absolute Gasteiger partial charge is 0.497 e. The zero-order valence-corrected chi connectivity index (χ0v) is 13.8. The van der Waals surface area contributed by atoms with E-state index < -0.39 is 27.8 Å². The van der Waals surface area contributed by atoms with E-state index in [1.807, 2.05) is 0 Å². The fourth-order valence-corrected chi connectivity index (χ4v) is 3.34. The van der Waals surface area contributed by atoms with Crippen LogP contribution in [0.3, 0.4) is 0 Å². The van der Waals surface area contributed by atoms with Crippen LogP contribution in [0.1, 0.15) is 24.1 Å². The summed E-state index contributed by atoms with van der Waals surface area (Å²) in [5, 5.41) is 0. The van der Waals surface area contributed by atoms with Crippen molar-refractivity contribution in [3.05, 3.63) is 59.7 Å². The first-order valence-corrected chi connectivity index (χ1v) is 8.45. The maximum absolute atomic E-state index is 12.8. The minimum atomic E-state index is -4.48. The molecule has 8 heteroatoms. The molecule has 0 aliphatic heterocycles. The standard InChI is InChI=1S/C16H16F3NO3S/c1-11(12-4-3-5-13(10-12)16(17,18)19)20-24(21,22)15-8-6-14(23-2)7-9-15/h3-11,20H,1-2H3. The first-order valence-electron chi connectivity index (χ1n) is 6.97. The van der Waals surface area contributed by atoms with Gasteiger partial charge in [-0.1, -0.05) is 12.1 Å². The van der Waals surface area contributed by atoms with Gasteiger partial charge in [0.1, 0.15) is 5.75 Å². The van der Waals surface area contributed by atoms with E-state index in [-0.39, 0.29) is 10.5 Å². The Balaban J connectivity index is 2.23. The number of nitrogens with one attached hydrogen (secondary N) is 1. The van der Waals surface area contributed by atoms with Crippen LogP contribution in [0.5, 0.6) is 5.75 Å². The lowest BCUT2D eigenvalue weighted by Crippen LogP contribution is -2.27. The lowest BCUT2D eigenvalue weighted by atomic mass is 10.1. The molecular formula is C16H16F3NO3S. The summed E-state index contributed by atoms with van der Waals surface area (Å²) in [7, 11) is -2.41. The Morgan fingerprint density at radius 1 is 1.08 bits per heavy atom. The number of hydrogen-bond acceptors (Lipinski definition) is 3. The van der Waals surface area contributed by atoms with Gasteiger partial charge in [-0.15, -0.1) is 0 Å². The molecule has 4 nitrogen and oxygen atoms in total. The molecule has 0 fully saturated rings. The van der Waals surface area contributed by atoms with Gasteiger partial charge < -0.3 is 4.74 Å². The highest BCUT2D eigenvalue weighted by atomic mass is 32.2. The number of hydrogen-bond donors (Lipinski definition) is 1. The summed E-state index contributed by atoms with van der Waals surface area (Å²) in [4.78, 5) is 0.00197. The van der Waals surface area contributed by atoms with Crippen molar-refractivity contribution in [3.63, 3.8) is 0 Å². The van der Waals surface area contributed by atoms with Crippen molar-refractivity contribution in [2.24, 2.45) is 0 Å². The van der Waals surface area contributed by atoms with Crippen LogP contribution in [0.4, 0.5) is 13.2 Å². The van der Waals surface area contributed by atoms with Gasteiger partial charge in [-0.3, -0.25) is 0 Å². The molecule has 0 heterocycles. The number of methoxy groups -OCH3 is 1. The summed E-state index contributed by atoms with van der Waals surface area (Å²) < 4.78 is 70.2. The molecule has 1 atom stereocenters. The van der Waals surface area contributed by atoms with Gasteiger partial charge in [0.05, 0.1) is 17.6 Å². The van der Waals surface area contributed by atoms with Gasteiger partial charge in [-0.25, -0.2) is 13.1 Å². The second kappa shape index (κ2) is 6.82. The minimum Gasteiger partial charge on any atom is -0.497 e. The molecule has 1 unspecified atom stereocenters. The summed E-state index contributed by atoms with van der Waals surface area (Å²) in [6.07, 6.45) is -4.48. The Hall–Kier alpha value is -2.06. The molecule has 0 aromatic heterocycles. The van der Waals surface area contributed by atoms with Crippen LogP contribution >= 0.6 is 0 Å². The normalized spacial score (nSPS) is 13.5. The van der Waals surface area contributed by atoms with E-state index >= 15 is 0 Å². The van der Waals surface area contributed by atoms with Gasteiger partial charge >= 0.3 is 6.18 Å². The zero-order valence-electron chi connectivity index (χ0n) is 13.0. The number of ether oxygens (including phenoxy) is 1. The topological polar surface area (TPSA) is 55.4 Å². The van der Waals surface area contributed by atoms with Crippen LogP contribution in [0.15, 0.2) is 53.4 Å². The van der Waals surface area contributed by atoms with Crippen molar-refractivity contribution in [2.75, 3.05) is 7.11 Å². The molecule has 24 heavy (non-hydrogen) atoms. The highest BCUT2D eigenvalue weighted by Gasteiger charge is 2.31. The molecule has 1 N–H and O–H groups in total. The van der Waals surface area contributed by atoms with Crippen LogP contribution in [0.2, 0.25) is 0 Å². The highest BCUT2D eigenvalue weighted by Crippen LogP contribution is 2.31. The molecular weight excluding hydrogens is 343 g/mol. The summed E-state index contributed by atoms with van der Waals surface area (Å²) in [5.41, 5.74) is -0.600. The van der Waals surface area contributed by atoms with Crippen LogP contribution in [-0.4, -0.2) is 15.5 Å². The fraction of sp³-hybridized carbons (Fsp3) is 0.250. The van der Waals surface area contributed by atoms with Crippen LogP contribution in [0, 0.1) is 0 Å². The molecule has 0 bridgehead atoms. The van der Waals surface area contributed by atoms with E-state index in [1.165, 1.54) is 50.4 Å². The molecule has 0 radical (unpaired) electrons. The van der Waals surface area contributed by atoms with E-state index in [0.717, 1.165) is 12.1 Å². The second-order valence-corrected chi connectivity index (χ2v) is 6.86. The lowest BCUT2D eigenvalue weighted by Gasteiger charge is -2.16. The van der Waals surface area contributed by atoms with E-state index in [1.54, 1.807) is 0 Å². The van der Waals surface area contributed by atoms with E-state index in [9.17, 15) is 21.6 Å². The smallest absolute Gasteiger partial charge is 0.416 e. The monoisotopic (exact) mass is 359 g/mol. The number of benzene rings is 2. The van der Waals surface area contributed by atoms with Crippen LogP contribution < -0.4 is 9.46 Å². The summed E-state index contributed by atoms with van der Waals surface area (Å²) in [5.74, 6) is 0.500. The quantitative estimate of drug-likeness (QED) is 0.885. The first-order chi connectivity index (χ1) is 11.1. The number of alkyl halides is 3. The van der Waals surface area contributed by atoms with Gasteiger partial charge in [0.15, 0.2) is 0 Å². The van der Waals surface area contributed by atoms with Gasteiger partial charge in [0, 0.05) is 6.04 Å². The Morgan fingerprint density at radius 2 is 1.71 bits per heavy atom. The van der Waals surface area contributed by atoms with Crippen molar-refractivity contribution in [1.29, 1.82) is 0 Å². The van der Waals surface area contributed by atoms with Crippen molar-refractivity contribution in [3.8, 4) is 5.75 Å². The van der Waals surface area contributed by atoms with Crippen molar-refractivity contribution in [1.82, 2.24) is 4.72 Å². The fourth-order valence-electron chi connectivity index (χ4n) is 2.11. The van der Waals surface area contributed by atoms with E-state index in [4.69, 9.17) is 4.74 Å². The maximum atomic E-state index is 12.8. The highest BCUT2D eigenvalue weighted by molar-refractivity contribution is 7.89. The molecule has 0 aliphatic rings. The Labute approximate surface area is 138 Å². The molecule has 0 aliphatic carbocycles. The number of sulfonamides is 1. The van der Waals surface area contributed by atoms with E-state index in [0.29, 0.717) is 5.75 Å². The number of halogens is 3. The first kappa shape index (κ1) is 18.3. The Morgan fingerprint density at radius 3 is 2.25 bits per heavy atom. The Bertz CT molecular complexity index is 802. The van der Waals surface area contributed by atoms with Gasteiger partial charge in [-0.05, 0) is 48.9 Å². The Kier molecular flexibility index (Phi) is 5.19. The molecule has 2 rings (SSSR count). The third-order valence-corrected chi connectivity index (χ3v) is 4.97. The molecule has 0 spiro atoms. The summed E-state index contributed by atoms with van der Waals surface area (Å²) in [6.45, 7) is 1.48. The van der Waals surface area contributed by atoms with Crippen LogP contribution in [0.25, 0.3) is 0 Å². The third-order valence-electron chi connectivity index (χ3n) is 3.42. The minimum absolute atomic E-state index is 0.00197. The van der Waals surface area contributed by atoms with Gasteiger partial charge in [-0.2, -0.15) is 13.2 Å². The summed E-state index contributed by atoms with van der Waals surface area (Å²) >= 11 is 0. The van der Waals surface area contributed by atoms with Crippen molar-refractivity contribution >= 4 is 10.0 Å². The van der Waals surface area contributed by atoms with Crippen molar-refractivity contribution < 1.29 is 26.3 Å². The molecule has 0 saturated heterocycles. The number of rotatable bonds is 5. The van der Waals surface area contributed by atoms with Gasteiger partial charge in [0.25, 0.3) is 0 Å². The average molecular weight is 359 g/mol. The average Bonchev–Trinajstić information content (AvgIpc) is 2.54. The lowest BCUT2D eigenvalue weighted by molar-refractivity contribution is -0.137. The van der Waals surface area contributed by atoms with Gasteiger partial charge in [0.2, 0.25) is 10.0 Å².